The Bertz CT molecular complexity index is 635. The Balaban J connectivity index is 1.95. The van der Waals surface area contributed by atoms with E-state index in [4.69, 9.17) is 0 Å². The molecule has 1 aliphatic heterocycles. The molecule has 0 aliphatic carbocycles. The van der Waals surface area contributed by atoms with Gasteiger partial charge in [0.25, 0.3) is 0 Å². The van der Waals surface area contributed by atoms with Gasteiger partial charge in [0.05, 0.1) is 19.3 Å². The monoisotopic (exact) mass is 272 g/mol. The number of hydrogen-bond acceptors (Lipinski definition) is 6. The summed E-state index contributed by atoms with van der Waals surface area (Å²) >= 11 is 0. The van der Waals surface area contributed by atoms with Gasteiger partial charge < -0.3 is 10.1 Å². The van der Waals surface area contributed by atoms with E-state index < -0.39 is 0 Å². The number of para-hydroxylation sites is 1. The van der Waals surface area contributed by atoms with Crippen molar-refractivity contribution in [3.8, 4) is 0 Å². The van der Waals surface area contributed by atoms with Crippen LogP contribution in [0.1, 0.15) is 24.2 Å². The summed E-state index contributed by atoms with van der Waals surface area (Å²) in [5, 5.41) is 24.7. The number of tetrazole rings is 1. The topological polar surface area (TPSA) is 79.4 Å². The molecule has 1 aliphatic rings. The Morgan fingerprint density at radius 1 is 1.35 bits per heavy atom. The molecule has 7 heteroatoms. The van der Waals surface area contributed by atoms with Crippen LogP contribution in [0.25, 0.3) is 0 Å². The highest BCUT2D eigenvalue weighted by Crippen LogP contribution is 2.27. The molecule has 0 saturated heterocycles. The molecule has 2 aromatic rings. The number of oxime groups is 1. The summed E-state index contributed by atoms with van der Waals surface area (Å²) in [6.45, 7) is 1.47. The van der Waals surface area contributed by atoms with Gasteiger partial charge in [-0.25, -0.2) is 0 Å². The summed E-state index contributed by atoms with van der Waals surface area (Å²) in [7, 11) is 1.75. The van der Waals surface area contributed by atoms with Crippen molar-refractivity contribution in [1.82, 2.24) is 20.2 Å². The minimum atomic E-state index is 0.601. The molecular weight excluding hydrogens is 256 g/mol. The quantitative estimate of drug-likeness (QED) is 0.656. The van der Waals surface area contributed by atoms with Crippen molar-refractivity contribution in [3.05, 3.63) is 35.7 Å². The Morgan fingerprint density at radius 3 is 2.95 bits per heavy atom. The molecule has 7 nitrogen and oxygen atoms in total. The van der Waals surface area contributed by atoms with Gasteiger partial charge in [-0.2, -0.15) is 4.80 Å². The van der Waals surface area contributed by atoms with Crippen molar-refractivity contribution in [3.63, 3.8) is 0 Å². The van der Waals surface area contributed by atoms with E-state index in [-0.39, 0.29) is 0 Å². The average molecular weight is 272 g/mol. The van der Waals surface area contributed by atoms with Crippen molar-refractivity contribution in [2.45, 2.75) is 19.4 Å². The Kier molecular flexibility index (Phi) is 3.32. The second-order valence-corrected chi connectivity index (χ2v) is 4.78. The van der Waals surface area contributed by atoms with Crippen LogP contribution in [0, 0.1) is 0 Å². The van der Waals surface area contributed by atoms with Crippen molar-refractivity contribution < 1.29 is 5.21 Å². The van der Waals surface area contributed by atoms with Gasteiger partial charge in [-0.3, -0.25) is 0 Å². The normalized spacial score (nSPS) is 17.1. The fraction of sp³-hybridized carbons (Fsp3) is 0.385. The van der Waals surface area contributed by atoms with Crippen LogP contribution in [-0.2, 0) is 13.6 Å². The van der Waals surface area contributed by atoms with Gasteiger partial charge >= 0.3 is 0 Å². The molecule has 2 heterocycles. The molecule has 0 spiro atoms. The standard InChI is InChI=1S/C13H16N6O/c1-18-15-13(14-17-18)9-19-8-4-6-11(16-20)10-5-2-3-7-12(10)19/h2-3,5,7,20H,4,6,8-9H2,1H3/b16-11-. The predicted molar refractivity (Wildman–Crippen MR) is 73.8 cm³/mol. The number of aromatic nitrogens is 4. The van der Waals surface area contributed by atoms with Gasteiger partial charge in [-0.15, -0.1) is 10.2 Å². The zero-order chi connectivity index (χ0) is 13.9. The van der Waals surface area contributed by atoms with E-state index in [0.717, 1.165) is 36.3 Å². The van der Waals surface area contributed by atoms with Crippen LogP contribution in [0.3, 0.4) is 0 Å². The van der Waals surface area contributed by atoms with Crippen molar-refractivity contribution in [1.29, 1.82) is 0 Å². The number of rotatable bonds is 2. The van der Waals surface area contributed by atoms with Crippen molar-refractivity contribution in [2.24, 2.45) is 12.2 Å². The lowest BCUT2D eigenvalue weighted by molar-refractivity contribution is 0.318. The lowest BCUT2D eigenvalue weighted by Crippen LogP contribution is -2.24. The van der Waals surface area contributed by atoms with Crippen molar-refractivity contribution in [2.75, 3.05) is 11.4 Å². The molecule has 1 N–H and O–H groups in total. The van der Waals surface area contributed by atoms with Gasteiger partial charge in [-0.1, -0.05) is 23.4 Å². The summed E-state index contributed by atoms with van der Waals surface area (Å²) in [4.78, 5) is 3.66. The van der Waals surface area contributed by atoms with E-state index in [1.807, 2.05) is 24.3 Å². The van der Waals surface area contributed by atoms with Gasteiger partial charge in [0, 0.05) is 17.8 Å². The number of anilines is 1. The second kappa shape index (κ2) is 5.28. The van der Waals surface area contributed by atoms with Gasteiger partial charge in [0.1, 0.15) is 0 Å². The molecule has 0 saturated carbocycles. The maximum atomic E-state index is 9.17. The Labute approximate surface area is 116 Å². The third kappa shape index (κ3) is 2.34. The first-order valence-electron chi connectivity index (χ1n) is 6.56. The zero-order valence-electron chi connectivity index (χ0n) is 11.3. The van der Waals surface area contributed by atoms with Crippen LogP contribution >= 0.6 is 0 Å². The lowest BCUT2D eigenvalue weighted by atomic mass is 10.1. The first-order chi connectivity index (χ1) is 9.78. The third-order valence-electron chi connectivity index (χ3n) is 3.40. The highest BCUT2D eigenvalue weighted by atomic mass is 16.4. The fourth-order valence-electron chi connectivity index (χ4n) is 2.51. The van der Waals surface area contributed by atoms with Gasteiger partial charge in [-0.05, 0) is 24.1 Å². The van der Waals surface area contributed by atoms with Gasteiger partial charge in [0.2, 0.25) is 0 Å². The van der Waals surface area contributed by atoms with Crippen LogP contribution in [0.5, 0.6) is 0 Å². The first-order valence-corrected chi connectivity index (χ1v) is 6.56. The highest BCUT2D eigenvalue weighted by Gasteiger charge is 2.20. The molecule has 0 fully saturated rings. The molecule has 0 unspecified atom stereocenters. The molecule has 3 rings (SSSR count). The molecule has 0 radical (unpaired) electrons. The number of benzene rings is 1. The van der Waals surface area contributed by atoms with E-state index in [2.05, 4.69) is 25.5 Å². The van der Waals surface area contributed by atoms with Crippen molar-refractivity contribution >= 4 is 11.4 Å². The SMILES string of the molecule is Cn1nnc(CN2CCC/C(=N/O)c3ccccc32)n1. The minimum Gasteiger partial charge on any atom is -0.411 e. The molecule has 1 aromatic heterocycles. The number of nitrogens with zero attached hydrogens (tertiary/aromatic N) is 6. The van der Waals surface area contributed by atoms with Crippen LogP contribution in [0.2, 0.25) is 0 Å². The number of aryl methyl sites for hydroxylation is 1. The largest absolute Gasteiger partial charge is 0.411 e. The molecule has 0 amide bonds. The highest BCUT2D eigenvalue weighted by molar-refractivity contribution is 6.05. The Morgan fingerprint density at radius 2 is 2.20 bits per heavy atom. The van der Waals surface area contributed by atoms with Crippen LogP contribution < -0.4 is 4.90 Å². The average Bonchev–Trinajstić information content (AvgIpc) is 2.79. The van der Waals surface area contributed by atoms with Crippen LogP contribution in [-0.4, -0.2) is 37.7 Å². The Hall–Kier alpha value is -2.44. The fourth-order valence-corrected chi connectivity index (χ4v) is 2.51. The number of hydrogen-bond donors (Lipinski definition) is 1. The van der Waals surface area contributed by atoms with E-state index in [9.17, 15) is 5.21 Å². The summed E-state index contributed by atoms with van der Waals surface area (Å²) in [5.41, 5.74) is 2.75. The molecule has 1 aromatic carbocycles. The lowest BCUT2D eigenvalue weighted by Gasteiger charge is -2.22. The summed E-state index contributed by atoms with van der Waals surface area (Å²) < 4.78 is 0. The van der Waals surface area contributed by atoms with E-state index in [1.54, 1.807) is 7.05 Å². The van der Waals surface area contributed by atoms with E-state index in [0.29, 0.717) is 12.4 Å². The minimum absolute atomic E-state index is 0.601. The zero-order valence-corrected chi connectivity index (χ0v) is 11.3. The van der Waals surface area contributed by atoms with Gasteiger partial charge in [0.15, 0.2) is 5.82 Å². The molecule has 0 atom stereocenters. The maximum Gasteiger partial charge on any atom is 0.193 e. The van der Waals surface area contributed by atoms with Crippen LogP contribution in [0.4, 0.5) is 5.69 Å². The smallest absolute Gasteiger partial charge is 0.193 e. The molecule has 104 valence electrons. The van der Waals surface area contributed by atoms with E-state index >= 15 is 0 Å². The number of fused-ring (bicyclic) bond motifs is 1. The predicted octanol–water partition coefficient (Wildman–Crippen LogP) is 1.19. The van der Waals surface area contributed by atoms with Crippen LogP contribution in [0.15, 0.2) is 29.4 Å². The molecular formula is C13H16N6O. The molecule has 20 heavy (non-hydrogen) atoms. The second-order valence-electron chi connectivity index (χ2n) is 4.78. The third-order valence-corrected chi connectivity index (χ3v) is 3.40. The van der Waals surface area contributed by atoms with E-state index in [1.165, 1.54) is 4.80 Å². The summed E-state index contributed by atoms with van der Waals surface area (Å²) in [6.07, 6.45) is 1.69. The summed E-state index contributed by atoms with van der Waals surface area (Å²) in [5.74, 6) is 0.687. The molecule has 0 bridgehead atoms. The maximum absolute atomic E-state index is 9.17. The summed E-state index contributed by atoms with van der Waals surface area (Å²) in [6, 6.07) is 7.94. The first kappa shape index (κ1) is 12.6.